The van der Waals surface area contributed by atoms with Crippen LogP contribution in [0.4, 0.5) is 11.6 Å². The van der Waals surface area contributed by atoms with Crippen molar-refractivity contribution in [2.24, 2.45) is 0 Å². The molecule has 0 bridgehead atoms. The second-order valence-corrected chi connectivity index (χ2v) is 3.80. The number of nitrogens with zero attached hydrogens (tertiary/aromatic N) is 4. The first-order chi connectivity index (χ1) is 7.29. The molecule has 1 saturated heterocycles. The average Bonchev–Trinajstić information content (AvgIpc) is 2.30. The van der Waals surface area contributed by atoms with Crippen molar-refractivity contribution >= 4 is 11.6 Å². The molecule has 0 saturated carbocycles. The van der Waals surface area contributed by atoms with Gasteiger partial charge in [-0.2, -0.15) is 0 Å². The number of anilines is 2. The molecule has 0 aromatic carbocycles. The standard InChI is InChI=1S/C10H17N5/c1-11-9-7-12-8-10(13-9)15-5-3-14(2)4-6-15/h7-8H,3-6H2,1-2H3,(H,11,13). The van der Waals surface area contributed by atoms with Crippen LogP contribution in [0.5, 0.6) is 0 Å². The third kappa shape index (κ3) is 2.36. The van der Waals surface area contributed by atoms with Crippen molar-refractivity contribution in [3.05, 3.63) is 12.4 Å². The summed E-state index contributed by atoms with van der Waals surface area (Å²) in [5.74, 6) is 1.79. The van der Waals surface area contributed by atoms with E-state index in [1.165, 1.54) is 0 Å². The number of likely N-dealkylation sites (N-methyl/N-ethyl adjacent to an activating group) is 1. The van der Waals surface area contributed by atoms with Gasteiger partial charge in [0.15, 0.2) is 0 Å². The highest BCUT2D eigenvalue weighted by molar-refractivity contribution is 5.43. The van der Waals surface area contributed by atoms with Gasteiger partial charge in [0, 0.05) is 33.2 Å². The van der Waals surface area contributed by atoms with Crippen LogP contribution in [0.2, 0.25) is 0 Å². The van der Waals surface area contributed by atoms with Gasteiger partial charge in [-0.15, -0.1) is 0 Å². The second-order valence-electron chi connectivity index (χ2n) is 3.80. The SMILES string of the molecule is CNc1cncc(N2CCN(C)CC2)n1. The molecule has 5 heteroatoms. The van der Waals surface area contributed by atoms with Crippen molar-refractivity contribution in [2.45, 2.75) is 0 Å². The fourth-order valence-corrected chi connectivity index (χ4v) is 1.66. The van der Waals surface area contributed by atoms with E-state index in [0.717, 1.165) is 37.8 Å². The molecule has 15 heavy (non-hydrogen) atoms. The van der Waals surface area contributed by atoms with Gasteiger partial charge < -0.3 is 15.1 Å². The number of aromatic nitrogens is 2. The highest BCUT2D eigenvalue weighted by Crippen LogP contribution is 2.13. The van der Waals surface area contributed by atoms with Gasteiger partial charge in [-0.25, -0.2) is 4.98 Å². The zero-order valence-electron chi connectivity index (χ0n) is 9.27. The van der Waals surface area contributed by atoms with Gasteiger partial charge >= 0.3 is 0 Å². The Hall–Kier alpha value is -1.36. The first-order valence-corrected chi connectivity index (χ1v) is 5.23. The number of rotatable bonds is 2. The van der Waals surface area contributed by atoms with Gasteiger partial charge in [0.25, 0.3) is 0 Å². The number of nitrogens with one attached hydrogen (secondary N) is 1. The minimum absolute atomic E-state index is 0.825. The largest absolute Gasteiger partial charge is 0.372 e. The first-order valence-electron chi connectivity index (χ1n) is 5.23. The monoisotopic (exact) mass is 207 g/mol. The van der Waals surface area contributed by atoms with Gasteiger partial charge in [-0.05, 0) is 7.05 Å². The lowest BCUT2D eigenvalue weighted by atomic mass is 10.3. The highest BCUT2D eigenvalue weighted by atomic mass is 15.3. The van der Waals surface area contributed by atoms with Crippen LogP contribution in [-0.4, -0.2) is 55.1 Å². The summed E-state index contributed by atoms with van der Waals surface area (Å²) in [5.41, 5.74) is 0. The molecule has 0 unspecified atom stereocenters. The van der Waals surface area contributed by atoms with E-state index in [-0.39, 0.29) is 0 Å². The van der Waals surface area contributed by atoms with Crippen LogP contribution in [-0.2, 0) is 0 Å². The molecule has 1 aliphatic rings. The summed E-state index contributed by atoms with van der Waals surface area (Å²) in [6.07, 6.45) is 3.56. The molecule has 1 aromatic rings. The maximum Gasteiger partial charge on any atom is 0.149 e. The molecule has 0 spiro atoms. The topological polar surface area (TPSA) is 44.3 Å². The first kappa shape index (κ1) is 10.2. The van der Waals surface area contributed by atoms with E-state index >= 15 is 0 Å². The van der Waals surface area contributed by atoms with E-state index in [2.05, 4.69) is 32.1 Å². The van der Waals surface area contributed by atoms with Gasteiger partial charge in [0.05, 0.1) is 12.4 Å². The molecular formula is C10H17N5. The average molecular weight is 207 g/mol. The fraction of sp³-hybridized carbons (Fsp3) is 0.600. The lowest BCUT2D eigenvalue weighted by molar-refractivity contribution is 0.312. The van der Waals surface area contributed by atoms with Gasteiger partial charge in [-0.3, -0.25) is 4.98 Å². The van der Waals surface area contributed by atoms with E-state index in [0.29, 0.717) is 0 Å². The van der Waals surface area contributed by atoms with Gasteiger partial charge in [0.1, 0.15) is 11.6 Å². The molecule has 0 radical (unpaired) electrons. The number of hydrogen-bond donors (Lipinski definition) is 1. The van der Waals surface area contributed by atoms with E-state index < -0.39 is 0 Å². The summed E-state index contributed by atoms with van der Waals surface area (Å²) in [4.78, 5) is 13.2. The van der Waals surface area contributed by atoms with Crippen LogP contribution in [0.3, 0.4) is 0 Å². The van der Waals surface area contributed by atoms with Crippen molar-refractivity contribution < 1.29 is 0 Å². The van der Waals surface area contributed by atoms with E-state index in [9.17, 15) is 0 Å². The Morgan fingerprint density at radius 1 is 1.20 bits per heavy atom. The van der Waals surface area contributed by atoms with Crippen LogP contribution in [0.25, 0.3) is 0 Å². The molecule has 0 amide bonds. The zero-order chi connectivity index (χ0) is 10.7. The number of hydrogen-bond acceptors (Lipinski definition) is 5. The minimum atomic E-state index is 0.825. The molecule has 1 N–H and O–H groups in total. The Labute approximate surface area is 90.1 Å². The lowest BCUT2D eigenvalue weighted by Gasteiger charge is -2.33. The fourth-order valence-electron chi connectivity index (χ4n) is 1.66. The Morgan fingerprint density at radius 3 is 2.60 bits per heavy atom. The quantitative estimate of drug-likeness (QED) is 0.754. The predicted molar refractivity (Wildman–Crippen MR) is 61.3 cm³/mol. The smallest absolute Gasteiger partial charge is 0.149 e. The van der Waals surface area contributed by atoms with Crippen LogP contribution in [0, 0.1) is 0 Å². The van der Waals surface area contributed by atoms with E-state index in [1.807, 2.05) is 13.2 Å². The van der Waals surface area contributed by atoms with Crippen molar-refractivity contribution in [1.29, 1.82) is 0 Å². The molecule has 1 aliphatic heterocycles. The molecule has 82 valence electrons. The molecule has 5 nitrogen and oxygen atoms in total. The minimum Gasteiger partial charge on any atom is -0.372 e. The lowest BCUT2D eigenvalue weighted by Crippen LogP contribution is -2.44. The summed E-state index contributed by atoms with van der Waals surface area (Å²) in [6.45, 7) is 4.23. The number of piperazine rings is 1. The summed E-state index contributed by atoms with van der Waals surface area (Å²) in [5, 5.41) is 3.00. The van der Waals surface area contributed by atoms with E-state index in [4.69, 9.17) is 0 Å². The Balaban J connectivity index is 2.08. The normalized spacial score (nSPS) is 17.9. The van der Waals surface area contributed by atoms with Crippen molar-refractivity contribution in [2.75, 3.05) is 50.5 Å². The Bertz CT molecular complexity index is 319. The maximum atomic E-state index is 4.47. The third-order valence-electron chi connectivity index (χ3n) is 2.71. The Morgan fingerprint density at radius 2 is 1.93 bits per heavy atom. The summed E-state index contributed by atoms with van der Waals surface area (Å²) in [7, 11) is 4.00. The van der Waals surface area contributed by atoms with Gasteiger partial charge in [-0.1, -0.05) is 0 Å². The zero-order valence-corrected chi connectivity index (χ0v) is 9.27. The van der Waals surface area contributed by atoms with Crippen LogP contribution < -0.4 is 10.2 Å². The third-order valence-corrected chi connectivity index (χ3v) is 2.71. The second kappa shape index (κ2) is 4.44. The molecular weight excluding hydrogens is 190 g/mol. The van der Waals surface area contributed by atoms with Crippen LogP contribution in [0.1, 0.15) is 0 Å². The summed E-state index contributed by atoms with van der Waals surface area (Å²) in [6, 6.07) is 0. The van der Waals surface area contributed by atoms with Crippen molar-refractivity contribution in [3.63, 3.8) is 0 Å². The Kier molecular flexibility index (Phi) is 3.01. The maximum absolute atomic E-state index is 4.47. The van der Waals surface area contributed by atoms with E-state index in [1.54, 1.807) is 6.20 Å². The van der Waals surface area contributed by atoms with Crippen LogP contribution in [0.15, 0.2) is 12.4 Å². The molecule has 0 atom stereocenters. The summed E-state index contributed by atoms with van der Waals surface area (Å²) >= 11 is 0. The molecule has 2 heterocycles. The molecule has 1 aromatic heterocycles. The highest BCUT2D eigenvalue weighted by Gasteiger charge is 2.15. The molecule has 1 fully saturated rings. The van der Waals surface area contributed by atoms with Crippen molar-refractivity contribution in [3.8, 4) is 0 Å². The molecule has 2 rings (SSSR count). The predicted octanol–water partition coefficient (Wildman–Crippen LogP) is 0.270. The van der Waals surface area contributed by atoms with Gasteiger partial charge in [0.2, 0.25) is 0 Å². The van der Waals surface area contributed by atoms with Crippen LogP contribution >= 0.6 is 0 Å². The summed E-state index contributed by atoms with van der Waals surface area (Å²) < 4.78 is 0. The molecule has 0 aliphatic carbocycles. The van der Waals surface area contributed by atoms with Crippen molar-refractivity contribution in [1.82, 2.24) is 14.9 Å².